The highest BCUT2D eigenvalue weighted by atomic mass is 35.5. The van der Waals surface area contributed by atoms with Gasteiger partial charge < -0.3 is 10.2 Å². The van der Waals surface area contributed by atoms with Crippen LogP contribution in [0.1, 0.15) is 17.5 Å². The summed E-state index contributed by atoms with van der Waals surface area (Å²) in [5.74, 6) is -0.706. The Morgan fingerprint density at radius 1 is 1.16 bits per heavy atom. The third-order valence-corrected chi connectivity index (χ3v) is 4.96. The minimum Gasteiger partial charge on any atom is -0.324 e. The molecule has 0 aliphatic carbocycles. The Hall–Kier alpha value is -2.04. The standard InChI is InChI=1S/C19H18Cl2N2O2/c1-11-4-3-5-12(2)18(11)23-10-13(8-17(23)24)19(25)22-16-9-14(20)6-7-15(16)21/h3-7,9,13H,8,10H2,1-2H3,(H,22,25)/t13-/m0/s1. The van der Waals surface area contributed by atoms with E-state index in [1.807, 2.05) is 32.0 Å². The van der Waals surface area contributed by atoms with Gasteiger partial charge in [-0.3, -0.25) is 9.59 Å². The third kappa shape index (κ3) is 3.65. The van der Waals surface area contributed by atoms with Gasteiger partial charge in [0.1, 0.15) is 0 Å². The molecular formula is C19H18Cl2N2O2. The van der Waals surface area contributed by atoms with Crippen molar-refractivity contribution in [3.8, 4) is 0 Å². The highest BCUT2D eigenvalue weighted by Gasteiger charge is 2.36. The van der Waals surface area contributed by atoms with Crippen molar-refractivity contribution in [2.75, 3.05) is 16.8 Å². The van der Waals surface area contributed by atoms with Gasteiger partial charge in [-0.15, -0.1) is 0 Å². The second kappa shape index (κ2) is 7.06. The lowest BCUT2D eigenvalue weighted by Gasteiger charge is -2.21. The van der Waals surface area contributed by atoms with Crippen molar-refractivity contribution in [2.24, 2.45) is 5.92 Å². The Morgan fingerprint density at radius 3 is 2.52 bits per heavy atom. The van der Waals surface area contributed by atoms with E-state index < -0.39 is 5.92 Å². The number of nitrogens with one attached hydrogen (secondary N) is 1. The molecule has 1 aliphatic rings. The van der Waals surface area contributed by atoms with Gasteiger partial charge in [-0.25, -0.2) is 0 Å². The Labute approximate surface area is 156 Å². The molecule has 0 radical (unpaired) electrons. The van der Waals surface area contributed by atoms with Crippen LogP contribution < -0.4 is 10.2 Å². The molecule has 1 aliphatic heterocycles. The van der Waals surface area contributed by atoms with Gasteiger partial charge in [0.05, 0.1) is 16.6 Å². The SMILES string of the molecule is Cc1cccc(C)c1N1C[C@@H](C(=O)Nc2cc(Cl)ccc2Cl)CC1=O. The van der Waals surface area contributed by atoms with Crippen molar-refractivity contribution in [3.05, 3.63) is 57.6 Å². The number of carbonyl (C=O) groups excluding carboxylic acids is 2. The fraction of sp³-hybridized carbons (Fsp3) is 0.263. The van der Waals surface area contributed by atoms with Crippen molar-refractivity contribution >= 4 is 46.4 Å². The Bertz CT molecular complexity index is 831. The molecule has 6 heteroatoms. The largest absolute Gasteiger partial charge is 0.324 e. The number of amides is 2. The topological polar surface area (TPSA) is 49.4 Å². The average molecular weight is 377 g/mol. The van der Waals surface area contributed by atoms with E-state index in [2.05, 4.69) is 5.32 Å². The first-order chi connectivity index (χ1) is 11.9. The van der Waals surface area contributed by atoms with Crippen molar-refractivity contribution in [1.82, 2.24) is 0 Å². The molecule has 25 heavy (non-hydrogen) atoms. The second-order valence-corrected chi connectivity index (χ2v) is 7.10. The molecule has 0 aromatic heterocycles. The molecule has 130 valence electrons. The lowest BCUT2D eigenvalue weighted by atomic mass is 10.1. The molecule has 0 saturated carbocycles. The number of carbonyl (C=O) groups is 2. The third-order valence-electron chi connectivity index (χ3n) is 4.39. The van der Waals surface area contributed by atoms with E-state index in [1.165, 1.54) is 0 Å². The van der Waals surface area contributed by atoms with E-state index >= 15 is 0 Å². The van der Waals surface area contributed by atoms with Gasteiger partial charge in [0.25, 0.3) is 0 Å². The molecule has 3 rings (SSSR count). The van der Waals surface area contributed by atoms with Crippen LogP contribution in [0.4, 0.5) is 11.4 Å². The predicted octanol–water partition coefficient (Wildman–Crippen LogP) is 4.60. The van der Waals surface area contributed by atoms with Crippen LogP contribution in [0.2, 0.25) is 10.0 Å². The quantitative estimate of drug-likeness (QED) is 0.850. The number of benzene rings is 2. The Morgan fingerprint density at radius 2 is 1.84 bits per heavy atom. The van der Waals surface area contributed by atoms with Crippen LogP contribution in [-0.2, 0) is 9.59 Å². The molecule has 1 saturated heterocycles. The molecular weight excluding hydrogens is 359 g/mol. The number of para-hydroxylation sites is 1. The highest BCUT2D eigenvalue weighted by Crippen LogP contribution is 2.32. The summed E-state index contributed by atoms with van der Waals surface area (Å²) < 4.78 is 0. The van der Waals surface area contributed by atoms with Gasteiger partial charge in [-0.1, -0.05) is 41.4 Å². The summed E-state index contributed by atoms with van der Waals surface area (Å²) >= 11 is 12.0. The summed E-state index contributed by atoms with van der Waals surface area (Å²) in [7, 11) is 0. The van der Waals surface area contributed by atoms with Gasteiger partial charge in [-0.2, -0.15) is 0 Å². The number of nitrogens with zero attached hydrogens (tertiary/aromatic N) is 1. The van der Waals surface area contributed by atoms with Crippen LogP contribution in [0.5, 0.6) is 0 Å². The molecule has 1 N–H and O–H groups in total. The Kier molecular flexibility index (Phi) is 5.02. The van der Waals surface area contributed by atoms with Gasteiger partial charge in [-0.05, 0) is 43.2 Å². The fourth-order valence-corrected chi connectivity index (χ4v) is 3.50. The lowest BCUT2D eigenvalue weighted by molar-refractivity contribution is -0.122. The first-order valence-electron chi connectivity index (χ1n) is 7.99. The van der Waals surface area contributed by atoms with Crippen LogP contribution >= 0.6 is 23.2 Å². The average Bonchev–Trinajstić information content (AvgIpc) is 2.93. The smallest absolute Gasteiger partial charge is 0.229 e. The molecule has 1 atom stereocenters. The van der Waals surface area contributed by atoms with Crippen LogP contribution in [0, 0.1) is 19.8 Å². The number of hydrogen-bond acceptors (Lipinski definition) is 2. The van der Waals surface area contributed by atoms with Gasteiger partial charge in [0, 0.05) is 23.7 Å². The van der Waals surface area contributed by atoms with E-state index in [1.54, 1.807) is 23.1 Å². The van der Waals surface area contributed by atoms with Crippen LogP contribution in [0.15, 0.2) is 36.4 Å². The van der Waals surface area contributed by atoms with E-state index in [0.29, 0.717) is 22.3 Å². The number of hydrogen-bond donors (Lipinski definition) is 1. The minimum absolute atomic E-state index is 0.0465. The van der Waals surface area contributed by atoms with Crippen LogP contribution in [0.3, 0.4) is 0 Å². The normalized spacial score (nSPS) is 17.0. The number of halogens is 2. The molecule has 0 unspecified atom stereocenters. The molecule has 2 amide bonds. The van der Waals surface area contributed by atoms with E-state index in [-0.39, 0.29) is 18.2 Å². The molecule has 2 aromatic rings. The summed E-state index contributed by atoms with van der Waals surface area (Å²) in [5, 5.41) is 3.68. The summed E-state index contributed by atoms with van der Waals surface area (Å²) in [6, 6.07) is 10.8. The van der Waals surface area contributed by atoms with Crippen LogP contribution in [0.25, 0.3) is 0 Å². The molecule has 0 spiro atoms. The minimum atomic E-state index is -0.429. The van der Waals surface area contributed by atoms with E-state index in [4.69, 9.17) is 23.2 Å². The van der Waals surface area contributed by atoms with Crippen LogP contribution in [-0.4, -0.2) is 18.4 Å². The maximum atomic E-state index is 12.6. The first-order valence-corrected chi connectivity index (χ1v) is 8.75. The van der Waals surface area contributed by atoms with Crippen molar-refractivity contribution in [2.45, 2.75) is 20.3 Å². The zero-order chi connectivity index (χ0) is 18.1. The van der Waals surface area contributed by atoms with Crippen molar-refractivity contribution in [1.29, 1.82) is 0 Å². The zero-order valence-electron chi connectivity index (χ0n) is 14.0. The lowest BCUT2D eigenvalue weighted by Crippen LogP contribution is -2.29. The molecule has 0 bridgehead atoms. The molecule has 4 nitrogen and oxygen atoms in total. The monoisotopic (exact) mass is 376 g/mol. The fourth-order valence-electron chi connectivity index (χ4n) is 3.16. The van der Waals surface area contributed by atoms with Gasteiger partial charge in [0.15, 0.2) is 0 Å². The maximum absolute atomic E-state index is 12.6. The molecule has 1 heterocycles. The number of aryl methyl sites for hydroxylation is 2. The summed E-state index contributed by atoms with van der Waals surface area (Å²) in [6.07, 6.45) is 0.178. The molecule has 2 aromatic carbocycles. The van der Waals surface area contributed by atoms with Crippen molar-refractivity contribution in [3.63, 3.8) is 0 Å². The first kappa shape index (κ1) is 17.8. The summed E-state index contributed by atoms with van der Waals surface area (Å²) in [5.41, 5.74) is 3.39. The Balaban J connectivity index is 1.78. The molecule has 1 fully saturated rings. The van der Waals surface area contributed by atoms with E-state index in [0.717, 1.165) is 16.8 Å². The number of rotatable bonds is 3. The van der Waals surface area contributed by atoms with Gasteiger partial charge >= 0.3 is 0 Å². The zero-order valence-corrected chi connectivity index (χ0v) is 15.5. The summed E-state index contributed by atoms with van der Waals surface area (Å²) in [4.78, 5) is 26.7. The maximum Gasteiger partial charge on any atom is 0.229 e. The summed E-state index contributed by atoms with van der Waals surface area (Å²) in [6.45, 7) is 4.29. The second-order valence-electron chi connectivity index (χ2n) is 6.26. The van der Waals surface area contributed by atoms with E-state index in [9.17, 15) is 9.59 Å². The van der Waals surface area contributed by atoms with Gasteiger partial charge in [0.2, 0.25) is 11.8 Å². The predicted molar refractivity (Wildman–Crippen MR) is 101 cm³/mol. The number of anilines is 2. The highest BCUT2D eigenvalue weighted by molar-refractivity contribution is 6.35. The van der Waals surface area contributed by atoms with Crippen molar-refractivity contribution < 1.29 is 9.59 Å².